The highest BCUT2D eigenvalue weighted by Crippen LogP contribution is 2.34. The maximum Gasteiger partial charge on any atom is 0.0688 e. The molecule has 1 aromatic rings. The van der Waals surface area contributed by atoms with Crippen molar-refractivity contribution < 1.29 is 5.11 Å². The largest absolute Gasteiger partial charge is 0.390 e. The predicted octanol–water partition coefficient (Wildman–Crippen LogP) is 3.82. The zero-order chi connectivity index (χ0) is 11.6. The Labute approximate surface area is 102 Å². The first-order chi connectivity index (χ1) is 7.57. The Kier molecular flexibility index (Phi) is 3.56. The number of hydrogen-bond acceptors (Lipinski definition) is 1. The van der Waals surface area contributed by atoms with Gasteiger partial charge in [0.05, 0.1) is 5.60 Å². The zero-order valence-electron chi connectivity index (χ0n) is 9.75. The van der Waals surface area contributed by atoms with Crippen molar-refractivity contribution in [1.82, 2.24) is 0 Å². The van der Waals surface area contributed by atoms with Gasteiger partial charge in [-0.05, 0) is 49.3 Å². The molecule has 0 radical (unpaired) electrons. The van der Waals surface area contributed by atoms with Crippen LogP contribution in [-0.4, -0.2) is 10.7 Å². The molecule has 0 heterocycles. The summed E-state index contributed by atoms with van der Waals surface area (Å²) < 4.78 is 0. The fourth-order valence-electron chi connectivity index (χ4n) is 2.50. The van der Waals surface area contributed by atoms with Crippen molar-refractivity contribution in [2.24, 2.45) is 5.92 Å². The third-order valence-electron chi connectivity index (χ3n) is 3.63. The molecule has 1 aromatic carbocycles. The lowest BCUT2D eigenvalue weighted by Crippen LogP contribution is -2.35. The normalized spacial score (nSPS) is 30.3. The minimum Gasteiger partial charge on any atom is -0.390 e. The Hall–Kier alpha value is -0.530. The molecule has 1 N–H and O–H groups in total. The van der Waals surface area contributed by atoms with Gasteiger partial charge in [-0.25, -0.2) is 0 Å². The van der Waals surface area contributed by atoms with Crippen molar-refractivity contribution in [2.75, 3.05) is 0 Å². The van der Waals surface area contributed by atoms with E-state index in [9.17, 15) is 5.11 Å². The minimum absolute atomic E-state index is 0.503. The molecule has 0 bridgehead atoms. The fraction of sp³-hybridized carbons (Fsp3) is 0.571. The summed E-state index contributed by atoms with van der Waals surface area (Å²) in [7, 11) is 0. The van der Waals surface area contributed by atoms with E-state index >= 15 is 0 Å². The molecule has 0 atom stereocenters. The Morgan fingerprint density at radius 2 is 2.06 bits per heavy atom. The van der Waals surface area contributed by atoms with Crippen LogP contribution >= 0.6 is 11.6 Å². The number of halogens is 1. The fourth-order valence-corrected chi connectivity index (χ4v) is 2.72. The van der Waals surface area contributed by atoms with Gasteiger partial charge in [0.15, 0.2) is 0 Å². The maximum atomic E-state index is 10.5. The van der Waals surface area contributed by atoms with E-state index in [1.54, 1.807) is 0 Å². The van der Waals surface area contributed by atoms with Gasteiger partial charge in [-0.3, -0.25) is 0 Å². The van der Waals surface area contributed by atoms with Gasteiger partial charge >= 0.3 is 0 Å². The first kappa shape index (κ1) is 11.9. The predicted molar refractivity (Wildman–Crippen MR) is 67.7 cm³/mol. The number of aliphatic hydroxyl groups is 1. The Bertz CT molecular complexity index is 354. The van der Waals surface area contributed by atoms with E-state index in [4.69, 9.17) is 11.6 Å². The molecule has 16 heavy (non-hydrogen) atoms. The summed E-state index contributed by atoms with van der Waals surface area (Å²) in [6.45, 7) is 2.26. The lowest BCUT2D eigenvalue weighted by Gasteiger charge is -2.35. The van der Waals surface area contributed by atoms with Gasteiger partial charge in [0.2, 0.25) is 0 Å². The highest BCUT2D eigenvalue weighted by Gasteiger charge is 2.31. The molecule has 1 saturated carbocycles. The van der Waals surface area contributed by atoms with Gasteiger partial charge in [0.25, 0.3) is 0 Å². The molecular weight excluding hydrogens is 220 g/mol. The van der Waals surface area contributed by atoms with Crippen LogP contribution in [0.15, 0.2) is 24.3 Å². The van der Waals surface area contributed by atoms with Gasteiger partial charge < -0.3 is 5.11 Å². The minimum atomic E-state index is -0.503. The summed E-state index contributed by atoms with van der Waals surface area (Å²) in [5, 5.41) is 11.2. The highest BCUT2D eigenvalue weighted by molar-refractivity contribution is 6.30. The SMILES string of the molecule is CC1CCC(O)(Cc2cccc(Cl)c2)CC1. The molecule has 0 spiro atoms. The molecule has 1 fully saturated rings. The smallest absolute Gasteiger partial charge is 0.0688 e. The van der Waals surface area contributed by atoms with Crippen LogP contribution in [0.4, 0.5) is 0 Å². The summed E-state index contributed by atoms with van der Waals surface area (Å²) in [4.78, 5) is 0. The summed E-state index contributed by atoms with van der Waals surface area (Å²) in [5.74, 6) is 0.764. The molecular formula is C14H19ClO. The second-order valence-corrected chi connectivity index (χ2v) is 5.65. The standard InChI is InChI=1S/C14H19ClO/c1-11-5-7-14(16,8-6-11)10-12-3-2-4-13(15)9-12/h2-4,9,11,16H,5-8,10H2,1H3. The summed E-state index contributed by atoms with van der Waals surface area (Å²) in [6, 6.07) is 7.82. The molecule has 0 aromatic heterocycles. The van der Waals surface area contributed by atoms with Crippen molar-refractivity contribution >= 4 is 11.6 Å². The molecule has 2 heteroatoms. The first-order valence-corrected chi connectivity index (χ1v) is 6.42. The van der Waals surface area contributed by atoms with Crippen LogP contribution < -0.4 is 0 Å². The molecule has 1 aliphatic rings. The lowest BCUT2D eigenvalue weighted by atomic mass is 9.76. The molecule has 2 rings (SSSR count). The van der Waals surface area contributed by atoms with Crippen LogP contribution in [0.1, 0.15) is 38.2 Å². The number of benzene rings is 1. The molecule has 88 valence electrons. The Morgan fingerprint density at radius 3 is 2.69 bits per heavy atom. The van der Waals surface area contributed by atoms with Crippen molar-refractivity contribution in [1.29, 1.82) is 0 Å². The molecule has 0 aliphatic heterocycles. The summed E-state index contributed by atoms with van der Waals surface area (Å²) in [6.07, 6.45) is 4.84. The van der Waals surface area contributed by atoms with E-state index in [0.29, 0.717) is 0 Å². The van der Waals surface area contributed by atoms with Crippen molar-refractivity contribution in [3.63, 3.8) is 0 Å². The Morgan fingerprint density at radius 1 is 1.38 bits per heavy atom. The van der Waals surface area contributed by atoms with Crippen LogP contribution in [0.2, 0.25) is 5.02 Å². The molecule has 0 amide bonds. The topological polar surface area (TPSA) is 20.2 Å². The van der Waals surface area contributed by atoms with E-state index in [0.717, 1.165) is 48.6 Å². The van der Waals surface area contributed by atoms with Crippen LogP contribution in [-0.2, 0) is 6.42 Å². The highest BCUT2D eigenvalue weighted by atomic mass is 35.5. The van der Waals surface area contributed by atoms with Crippen molar-refractivity contribution in [3.05, 3.63) is 34.9 Å². The van der Waals surface area contributed by atoms with E-state index in [1.807, 2.05) is 24.3 Å². The van der Waals surface area contributed by atoms with Gasteiger partial charge in [-0.15, -0.1) is 0 Å². The summed E-state index contributed by atoms with van der Waals surface area (Å²) >= 11 is 5.95. The van der Waals surface area contributed by atoms with Gasteiger partial charge in [0, 0.05) is 11.4 Å². The van der Waals surface area contributed by atoms with E-state index < -0.39 is 5.60 Å². The van der Waals surface area contributed by atoms with E-state index in [1.165, 1.54) is 0 Å². The Balaban J connectivity index is 2.03. The number of hydrogen-bond donors (Lipinski definition) is 1. The van der Waals surface area contributed by atoms with Gasteiger partial charge in [-0.1, -0.05) is 30.7 Å². The lowest BCUT2D eigenvalue weighted by molar-refractivity contribution is -0.00667. The monoisotopic (exact) mass is 238 g/mol. The van der Waals surface area contributed by atoms with Gasteiger partial charge in [0.1, 0.15) is 0 Å². The van der Waals surface area contributed by atoms with Crippen LogP contribution in [0.5, 0.6) is 0 Å². The second-order valence-electron chi connectivity index (χ2n) is 5.21. The van der Waals surface area contributed by atoms with Crippen LogP contribution in [0.25, 0.3) is 0 Å². The molecule has 1 aliphatic carbocycles. The van der Waals surface area contributed by atoms with Crippen LogP contribution in [0.3, 0.4) is 0 Å². The van der Waals surface area contributed by atoms with E-state index in [2.05, 4.69) is 6.92 Å². The maximum absolute atomic E-state index is 10.5. The number of rotatable bonds is 2. The third-order valence-corrected chi connectivity index (χ3v) is 3.86. The van der Waals surface area contributed by atoms with Gasteiger partial charge in [-0.2, -0.15) is 0 Å². The second kappa shape index (κ2) is 4.77. The average molecular weight is 239 g/mol. The van der Waals surface area contributed by atoms with Crippen molar-refractivity contribution in [2.45, 2.75) is 44.6 Å². The first-order valence-electron chi connectivity index (χ1n) is 6.04. The quantitative estimate of drug-likeness (QED) is 0.831. The van der Waals surface area contributed by atoms with E-state index in [-0.39, 0.29) is 0 Å². The summed E-state index contributed by atoms with van der Waals surface area (Å²) in [5.41, 5.74) is 0.640. The third kappa shape index (κ3) is 2.99. The average Bonchev–Trinajstić information content (AvgIpc) is 2.23. The molecule has 0 unspecified atom stereocenters. The van der Waals surface area contributed by atoms with Crippen LogP contribution in [0, 0.1) is 5.92 Å². The zero-order valence-corrected chi connectivity index (χ0v) is 10.5. The molecule has 0 saturated heterocycles. The molecule has 1 nitrogen and oxygen atoms in total. The van der Waals surface area contributed by atoms with Crippen molar-refractivity contribution in [3.8, 4) is 0 Å².